The molecule has 0 radical (unpaired) electrons. The molecule has 0 saturated carbocycles. The summed E-state index contributed by atoms with van der Waals surface area (Å²) < 4.78 is 0. The number of rotatable bonds is 5. The van der Waals surface area contributed by atoms with Gasteiger partial charge >= 0.3 is 0 Å². The molecule has 3 aromatic carbocycles. The topological polar surface area (TPSA) is 12.4 Å². The summed E-state index contributed by atoms with van der Waals surface area (Å²) in [6, 6.07) is 24.4. The highest BCUT2D eigenvalue weighted by atomic mass is 35.5. The smallest absolute Gasteiger partial charge is 0.0765 e. The van der Waals surface area contributed by atoms with E-state index in [-0.39, 0.29) is 0 Å². The third-order valence-electron chi connectivity index (χ3n) is 3.37. The van der Waals surface area contributed by atoms with Gasteiger partial charge in [0.1, 0.15) is 0 Å². The monoisotopic (exact) mass is 369 g/mol. The van der Waals surface area contributed by atoms with E-state index >= 15 is 0 Å². The number of thioether (sulfide) groups is 1. The molecule has 0 amide bonds. The first kappa shape index (κ1) is 17.2. The van der Waals surface area contributed by atoms with Crippen molar-refractivity contribution in [1.29, 1.82) is 0 Å². The molecule has 0 aliphatic heterocycles. The summed E-state index contributed by atoms with van der Waals surface area (Å²) in [5.41, 5.74) is 2.09. The van der Waals surface area contributed by atoms with Crippen molar-refractivity contribution in [3.05, 3.63) is 83.4 Å². The fraction of sp³-hybridized carbons (Fsp3) is 0.0500. The van der Waals surface area contributed by atoms with Crippen molar-refractivity contribution < 1.29 is 0 Å². The predicted molar refractivity (Wildman–Crippen MR) is 107 cm³/mol. The van der Waals surface area contributed by atoms with E-state index in [2.05, 4.69) is 41.6 Å². The fourth-order valence-corrected chi connectivity index (χ4v) is 3.63. The van der Waals surface area contributed by atoms with Crippen LogP contribution in [0.25, 0.3) is 0 Å². The van der Waals surface area contributed by atoms with Crippen molar-refractivity contribution in [3.8, 4) is 0 Å². The van der Waals surface area contributed by atoms with E-state index < -0.39 is 0 Å². The zero-order valence-corrected chi connectivity index (χ0v) is 15.5. The molecule has 3 rings (SSSR count). The van der Waals surface area contributed by atoms with E-state index in [1.165, 1.54) is 14.7 Å². The number of aliphatic imine (C=N–C) groups is 1. The largest absolute Gasteiger partial charge is 0.255 e. The lowest BCUT2D eigenvalue weighted by Gasteiger charge is -2.03. The second kappa shape index (κ2) is 8.43. The highest BCUT2D eigenvalue weighted by Gasteiger charge is 1.99. The summed E-state index contributed by atoms with van der Waals surface area (Å²) in [5, 5.41) is 0.761. The normalized spacial score (nSPS) is 11.1. The lowest BCUT2D eigenvalue weighted by molar-refractivity contribution is 1.37. The Morgan fingerprint density at radius 2 is 1.46 bits per heavy atom. The molecule has 0 unspecified atom stereocenters. The number of halogens is 1. The van der Waals surface area contributed by atoms with Crippen molar-refractivity contribution in [1.82, 2.24) is 0 Å². The molecule has 0 spiro atoms. The van der Waals surface area contributed by atoms with Crippen LogP contribution in [-0.4, -0.2) is 12.5 Å². The SMILES string of the molecule is CSc1ccccc1N=Cc1ccc(Sc2ccc(Cl)cc2)cc1. The number of para-hydroxylation sites is 1. The van der Waals surface area contributed by atoms with E-state index in [9.17, 15) is 0 Å². The summed E-state index contributed by atoms with van der Waals surface area (Å²) >= 11 is 9.34. The van der Waals surface area contributed by atoms with Gasteiger partial charge in [-0.25, -0.2) is 0 Å². The highest BCUT2D eigenvalue weighted by Crippen LogP contribution is 2.29. The van der Waals surface area contributed by atoms with Gasteiger partial charge in [-0.15, -0.1) is 11.8 Å². The predicted octanol–water partition coefficient (Wildman–Crippen LogP) is 6.96. The number of hydrogen-bond acceptors (Lipinski definition) is 3. The van der Waals surface area contributed by atoms with Crippen LogP contribution in [-0.2, 0) is 0 Å². The van der Waals surface area contributed by atoms with Crippen molar-refractivity contribution in [2.45, 2.75) is 14.7 Å². The van der Waals surface area contributed by atoms with Gasteiger partial charge in [0, 0.05) is 25.9 Å². The van der Waals surface area contributed by atoms with Crippen LogP contribution in [0.4, 0.5) is 5.69 Å². The lowest BCUT2D eigenvalue weighted by Crippen LogP contribution is -1.81. The minimum absolute atomic E-state index is 0.761. The Kier molecular flexibility index (Phi) is 6.02. The van der Waals surface area contributed by atoms with Crippen LogP contribution < -0.4 is 0 Å². The van der Waals surface area contributed by atoms with Crippen LogP contribution in [0, 0.1) is 0 Å². The summed E-state index contributed by atoms with van der Waals surface area (Å²) in [6.45, 7) is 0. The summed E-state index contributed by atoms with van der Waals surface area (Å²) in [4.78, 5) is 8.16. The van der Waals surface area contributed by atoms with Gasteiger partial charge in [0.15, 0.2) is 0 Å². The van der Waals surface area contributed by atoms with Crippen molar-refractivity contribution in [2.75, 3.05) is 6.26 Å². The van der Waals surface area contributed by atoms with Gasteiger partial charge in [-0.1, -0.05) is 47.6 Å². The van der Waals surface area contributed by atoms with E-state index in [1.807, 2.05) is 48.7 Å². The van der Waals surface area contributed by atoms with Crippen LogP contribution in [0.1, 0.15) is 5.56 Å². The molecule has 0 aliphatic carbocycles. The Hall–Kier alpha value is -1.68. The Morgan fingerprint density at radius 1 is 0.833 bits per heavy atom. The molecule has 0 saturated heterocycles. The van der Waals surface area contributed by atoms with E-state index in [1.54, 1.807) is 23.5 Å². The molecule has 0 N–H and O–H groups in total. The standard InChI is InChI=1S/C20H16ClNS2/c1-23-20-5-3-2-4-19(20)22-14-15-6-10-17(11-7-15)24-18-12-8-16(21)9-13-18/h2-14H,1H3. The molecule has 0 heterocycles. The van der Waals surface area contributed by atoms with Crippen LogP contribution in [0.15, 0.2) is 92.5 Å². The number of benzene rings is 3. The quantitative estimate of drug-likeness (QED) is 0.356. The molecule has 4 heteroatoms. The molecule has 0 aliphatic rings. The first-order valence-electron chi connectivity index (χ1n) is 7.45. The van der Waals surface area contributed by atoms with Crippen LogP contribution in [0.2, 0.25) is 5.02 Å². The fourth-order valence-electron chi connectivity index (χ4n) is 2.14. The molecule has 120 valence electrons. The van der Waals surface area contributed by atoms with Gasteiger partial charge < -0.3 is 0 Å². The highest BCUT2D eigenvalue weighted by molar-refractivity contribution is 7.99. The lowest BCUT2D eigenvalue weighted by atomic mass is 10.2. The maximum atomic E-state index is 5.92. The molecule has 0 fully saturated rings. The third-order valence-corrected chi connectivity index (χ3v) is 5.42. The average Bonchev–Trinajstić information content (AvgIpc) is 2.63. The Morgan fingerprint density at radius 3 is 2.12 bits per heavy atom. The third kappa shape index (κ3) is 4.67. The molecule has 0 bridgehead atoms. The minimum atomic E-state index is 0.761. The molecular formula is C20H16ClNS2. The van der Waals surface area contributed by atoms with E-state index in [0.29, 0.717) is 0 Å². The maximum Gasteiger partial charge on any atom is 0.0765 e. The van der Waals surface area contributed by atoms with Gasteiger partial charge in [0.25, 0.3) is 0 Å². The van der Waals surface area contributed by atoms with Gasteiger partial charge in [-0.2, -0.15) is 0 Å². The van der Waals surface area contributed by atoms with E-state index in [0.717, 1.165) is 16.3 Å². The maximum absolute atomic E-state index is 5.92. The summed E-state index contributed by atoms with van der Waals surface area (Å²) in [5.74, 6) is 0. The molecule has 24 heavy (non-hydrogen) atoms. The zero-order chi connectivity index (χ0) is 16.8. The number of nitrogens with zero attached hydrogens (tertiary/aromatic N) is 1. The Labute approximate surface area is 156 Å². The summed E-state index contributed by atoms with van der Waals surface area (Å²) in [6.07, 6.45) is 3.98. The first-order valence-corrected chi connectivity index (χ1v) is 9.87. The average molecular weight is 370 g/mol. The van der Waals surface area contributed by atoms with Gasteiger partial charge in [-0.3, -0.25) is 4.99 Å². The second-order valence-corrected chi connectivity index (χ2v) is 7.49. The van der Waals surface area contributed by atoms with Crippen LogP contribution in [0.3, 0.4) is 0 Å². The van der Waals surface area contributed by atoms with Gasteiger partial charge in [0.05, 0.1) is 5.69 Å². The Bertz CT molecular complexity index is 827. The number of hydrogen-bond donors (Lipinski definition) is 0. The Balaban J connectivity index is 1.70. The van der Waals surface area contributed by atoms with Gasteiger partial charge in [-0.05, 0) is 60.4 Å². The second-order valence-electron chi connectivity index (χ2n) is 5.06. The molecule has 0 aromatic heterocycles. The zero-order valence-electron chi connectivity index (χ0n) is 13.1. The minimum Gasteiger partial charge on any atom is -0.255 e. The van der Waals surface area contributed by atoms with Crippen molar-refractivity contribution >= 4 is 47.0 Å². The molecule has 3 aromatic rings. The van der Waals surface area contributed by atoms with E-state index in [4.69, 9.17) is 11.6 Å². The van der Waals surface area contributed by atoms with Crippen molar-refractivity contribution in [3.63, 3.8) is 0 Å². The summed E-state index contributed by atoms with van der Waals surface area (Å²) in [7, 11) is 0. The van der Waals surface area contributed by atoms with Crippen molar-refractivity contribution in [2.24, 2.45) is 4.99 Å². The first-order chi connectivity index (χ1) is 11.7. The van der Waals surface area contributed by atoms with Crippen LogP contribution >= 0.6 is 35.1 Å². The van der Waals surface area contributed by atoms with Crippen LogP contribution in [0.5, 0.6) is 0 Å². The molecule has 0 atom stereocenters. The molecular weight excluding hydrogens is 354 g/mol. The van der Waals surface area contributed by atoms with Gasteiger partial charge in [0.2, 0.25) is 0 Å². The molecule has 1 nitrogen and oxygen atoms in total.